The van der Waals surface area contributed by atoms with Gasteiger partial charge in [0.05, 0.1) is 17.5 Å². The molecule has 0 spiro atoms. The van der Waals surface area contributed by atoms with Crippen LogP contribution in [0.3, 0.4) is 0 Å². The van der Waals surface area contributed by atoms with Crippen molar-refractivity contribution < 1.29 is 22.3 Å². The smallest absolute Gasteiger partial charge is 0.274 e. The molecule has 2 aromatic carbocycles. The minimum atomic E-state index is -3.33. The maximum Gasteiger partial charge on any atom is 0.274 e. The molecule has 0 fully saturated rings. The Hall–Kier alpha value is -3.50. The van der Waals surface area contributed by atoms with E-state index in [-0.39, 0.29) is 23.6 Å². The fourth-order valence-corrected chi connectivity index (χ4v) is 6.41. The van der Waals surface area contributed by atoms with Gasteiger partial charge in [-0.2, -0.15) is 0 Å². The second-order valence-electron chi connectivity index (χ2n) is 10.3. The lowest BCUT2D eigenvalue weighted by atomic mass is 9.96. The van der Waals surface area contributed by atoms with Crippen molar-refractivity contribution in [1.29, 1.82) is 0 Å². The number of hydrogen-bond donors (Lipinski definition) is 2. The summed E-state index contributed by atoms with van der Waals surface area (Å²) in [6, 6.07) is 8.36. The van der Waals surface area contributed by atoms with Crippen LogP contribution in [0.15, 0.2) is 53.6 Å². The Morgan fingerprint density at radius 2 is 1.74 bits per heavy atom. The van der Waals surface area contributed by atoms with E-state index in [0.29, 0.717) is 40.6 Å². The van der Waals surface area contributed by atoms with Gasteiger partial charge in [0.1, 0.15) is 17.2 Å². The number of aryl methyl sites for hydroxylation is 1. The zero-order valence-corrected chi connectivity index (χ0v) is 22.7. The molecule has 0 radical (unpaired) electrons. The Labute approximate surface area is 225 Å². The van der Waals surface area contributed by atoms with Crippen LogP contribution in [0.4, 0.5) is 20.2 Å². The minimum Gasteiger partial charge on any atom is -0.396 e. The van der Waals surface area contributed by atoms with Crippen molar-refractivity contribution in [2.45, 2.75) is 43.9 Å². The summed E-state index contributed by atoms with van der Waals surface area (Å²) in [4.78, 5) is 18.1. The molecule has 39 heavy (non-hydrogen) atoms. The summed E-state index contributed by atoms with van der Waals surface area (Å²) in [5.74, 6) is -1.58. The molecule has 0 amide bonds. The lowest BCUT2D eigenvalue weighted by molar-refractivity contribution is 0.282. The van der Waals surface area contributed by atoms with Crippen LogP contribution in [0.5, 0.6) is 0 Å². The number of nitrogens with zero attached hydrogens (tertiary/aromatic N) is 2. The number of unbranched alkanes of at least 4 members (excludes halogenated alkanes) is 3. The molecule has 3 heterocycles. The highest BCUT2D eigenvalue weighted by atomic mass is 32.2. The molecule has 1 aliphatic rings. The Balaban J connectivity index is 1.79. The van der Waals surface area contributed by atoms with Crippen LogP contribution in [0, 0.1) is 11.6 Å². The fraction of sp³-hybridized carbons (Fsp3) is 0.345. The van der Waals surface area contributed by atoms with Gasteiger partial charge in [0.25, 0.3) is 5.56 Å². The highest BCUT2D eigenvalue weighted by Gasteiger charge is 2.34. The SMILES string of the molecule is Cn1cc2c3c(c[nH]c3c1=O)C(CCCCCCO)N(c1ccc(F)cc1F)c1ccc(CS(C)(=O)=O)cc1-2. The van der Waals surface area contributed by atoms with Crippen molar-refractivity contribution >= 4 is 32.1 Å². The standard InChI is InChI=1S/C29H31F2N3O4S/c1-33-16-22-20-13-18(17-39(2,37)38)8-10-25(20)34(26-11-9-19(30)14-23(26)31)24(7-5-3-4-6-12-35)21-15-32-28(27(21)22)29(33)36/h8-11,13-16,24,32,35H,3-7,12,17H2,1-2H3. The average Bonchev–Trinajstić information content (AvgIpc) is 3.27. The number of H-pyrrole nitrogens is 1. The lowest BCUT2D eigenvalue weighted by Crippen LogP contribution is -2.24. The molecule has 0 aliphatic carbocycles. The van der Waals surface area contributed by atoms with Crippen molar-refractivity contribution in [1.82, 2.24) is 9.55 Å². The second-order valence-corrected chi connectivity index (χ2v) is 12.4. The van der Waals surface area contributed by atoms with Gasteiger partial charge in [-0.3, -0.25) is 4.79 Å². The number of fused-ring (bicyclic) bond motifs is 2. The maximum absolute atomic E-state index is 15.4. The topological polar surface area (TPSA) is 95.4 Å². The number of hydrogen-bond acceptors (Lipinski definition) is 5. The van der Waals surface area contributed by atoms with Crippen molar-refractivity contribution in [3.63, 3.8) is 0 Å². The molecular weight excluding hydrogens is 524 g/mol. The number of aliphatic hydroxyl groups is 1. The average molecular weight is 556 g/mol. The molecule has 2 aromatic heterocycles. The van der Waals surface area contributed by atoms with E-state index in [1.165, 1.54) is 23.0 Å². The molecule has 1 atom stereocenters. The van der Waals surface area contributed by atoms with Crippen LogP contribution >= 0.6 is 0 Å². The number of aromatic amines is 1. The van der Waals surface area contributed by atoms with Crippen molar-refractivity contribution in [2.24, 2.45) is 7.05 Å². The molecule has 2 N–H and O–H groups in total. The van der Waals surface area contributed by atoms with Crippen molar-refractivity contribution in [2.75, 3.05) is 17.8 Å². The van der Waals surface area contributed by atoms with E-state index in [2.05, 4.69) is 4.98 Å². The van der Waals surface area contributed by atoms with Crippen LogP contribution in [0.2, 0.25) is 0 Å². The number of halogens is 2. The Kier molecular flexibility index (Phi) is 7.35. The number of anilines is 2. The molecule has 7 nitrogen and oxygen atoms in total. The first-order valence-electron chi connectivity index (χ1n) is 13.0. The third kappa shape index (κ3) is 5.23. The van der Waals surface area contributed by atoms with E-state index >= 15 is 4.39 Å². The molecule has 10 heteroatoms. The Morgan fingerprint density at radius 1 is 1.00 bits per heavy atom. The number of pyridine rings is 1. The van der Waals surface area contributed by atoms with E-state index in [4.69, 9.17) is 0 Å². The molecular formula is C29H31F2N3O4S. The molecule has 4 aromatic rings. The van der Waals surface area contributed by atoms with Crippen molar-refractivity contribution in [3.05, 3.63) is 81.9 Å². The molecule has 1 aliphatic heterocycles. The van der Waals surface area contributed by atoms with Crippen molar-refractivity contribution in [3.8, 4) is 11.1 Å². The summed E-state index contributed by atoms with van der Waals surface area (Å²) in [7, 11) is -1.68. The zero-order valence-electron chi connectivity index (χ0n) is 21.9. The monoisotopic (exact) mass is 555 g/mol. The number of rotatable bonds is 9. The van der Waals surface area contributed by atoms with Crippen LogP contribution in [0.1, 0.15) is 49.3 Å². The largest absolute Gasteiger partial charge is 0.396 e. The predicted octanol–water partition coefficient (Wildman–Crippen LogP) is 5.49. The highest BCUT2D eigenvalue weighted by molar-refractivity contribution is 7.89. The van der Waals surface area contributed by atoms with Crippen LogP contribution in [-0.4, -0.2) is 35.9 Å². The predicted molar refractivity (Wildman–Crippen MR) is 149 cm³/mol. The van der Waals surface area contributed by atoms with Gasteiger partial charge in [0, 0.05) is 66.1 Å². The summed E-state index contributed by atoms with van der Waals surface area (Å²) >= 11 is 0. The number of nitrogens with one attached hydrogen (secondary N) is 1. The molecule has 0 bridgehead atoms. The number of sulfone groups is 1. The second kappa shape index (κ2) is 10.6. The van der Waals surface area contributed by atoms with Gasteiger partial charge in [-0.05, 0) is 42.7 Å². The molecule has 206 valence electrons. The maximum atomic E-state index is 15.4. The summed E-state index contributed by atoms with van der Waals surface area (Å²) in [6.45, 7) is 0.120. The highest BCUT2D eigenvalue weighted by Crippen LogP contribution is 2.50. The molecule has 1 unspecified atom stereocenters. The normalized spacial score (nSPS) is 15.0. The van der Waals surface area contributed by atoms with Gasteiger partial charge in [0.15, 0.2) is 9.84 Å². The quantitative estimate of drug-likeness (QED) is 0.266. The van der Waals surface area contributed by atoms with Gasteiger partial charge in [-0.15, -0.1) is 0 Å². The van der Waals surface area contributed by atoms with E-state index < -0.39 is 27.5 Å². The first kappa shape index (κ1) is 27.1. The van der Waals surface area contributed by atoms with E-state index in [1.54, 1.807) is 37.6 Å². The first-order valence-corrected chi connectivity index (χ1v) is 15.0. The molecule has 0 saturated heterocycles. The first-order chi connectivity index (χ1) is 18.6. The van der Waals surface area contributed by atoms with Gasteiger partial charge in [-0.1, -0.05) is 25.3 Å². The van der Waals surface area contributed by atoms with E-state index in [9.17, 15) is 22.7 Å². The van der Waals surface area contributed by atoms with Gasteiger partial charge in [0.2, 0.25) is 0 Å². The summed E-state index contributed by atoms with van der Waals surface area (Å²) in [5, 5.41) is 9.88. The molecule has 5 rings (SSSR count). The van der Waals surface area contributed by atoms with Crippen LogP contribution < -0.4 is 10.5 Å². The number of aromatic nitrogens is 2. The summed E-state index contributed by atoms with van der Waals surface area (Å²) in [6.07, 6.45) is 8.46. The zero-order chi connectivity index (χ0) is 27.9. The number of benzene rings is 2. The third-order valence-electron chi connectivity index (χ3n) is 7.30. The Bertz CT molecular complexity index is 1710. The summed E-state index contributed by atoms with van der Waals surface area (Å²) < 4.78 is 55.2. The van der Waals surface area contributed by atoms with E-state index in [0.717, 1.165) is 36.5 Å². The van der Waals surface area contributed by atoms with E-state index in [1.807, 2.05) is 4.90 Å². The van der Waals surface area contributed by atoms with Crippen LogP contribution in [0.25, 0.3) is 22.0 Å². The summed E-state index contributed by atoms with van der Waals surface area (Å²) in [5.41, 5.74) is 3.78. The lowest BCUT2D eigenvalue weighted by Gasteiger charge is -2.34. The van der Waals surface area contributed by atoms with Gasteiger partial charge < -0.3 is 19.6 Å². The van der Waals surface area contributed by atoms with Crippen LogP contribution in [-0.2, 0) is 22.6 Å². The fourth-order valence-electron chi connectivity index (χ4n) is 5.63. The minimum absolute atomic E-state index is 0.120. The molecule has 0 saturated carbocycles. The van der Waals surface area contributed by atoms with Gasteiger partial charge in [-0.25, -0.2) is 17.2 Å². The Morgan fingerprint density at radius 3 is 2.46 bits per heavy atom. The third-order valence-corrected chi connectivity index (χ3v) is 8.16. The number of aliphatic hydroxyl groups excluding tert-OH is 1. The van der Waals surface area contributed by atoms with Gasteiger partial charge >= 0.3 is 0 Å².